The molecule has 0 fully saturated rings. The maximum Gasteiger partial charge on any atom is 0.0465 e. The number of halogens is 2. The topological polar surface area (TPSA) is 0 Å². The Morgan fingerprint density at radius 2 is 1.32 bits per heavy atom. The van der Waals surface area contributed by atoms with Crippen molar-refractivity contribution in [3.8, 4) is 0 Å². The van der Waals surface area contributed by atoms with Crippen LogP contribution in [0.4, 0.5) is 0 Å². The Morgan fingerprint density at radius 1 is 0.818 bits per heavy atom. The van der Waals surface area contributed by atoms with Crippen LogP contribution in [-0.4, -0.2) is 0 Å². The molecule has 0 N–H and O–H groups in total. The molecule has 0 amide bonds. The lowest BCUT2D eigenvalue weighted by Crippen LogP contribution is -2.20. The molecule has 0 radical (unpaired) electrons. The van der Waals surface area contributed by atoms with E-state index in [0.29, 0.717) is 0 Å². The highest BCUT2D eigenvalue weighted by molar-refractivity contribution is 9.11. The number of hydrogen-bond donors (Lipinski definition) is 0. The zero-order valence-corrected chi connectivity index (χ0v) is 17.0. The molecular weight excluding hydrogens is 438 g/mol. The Morgan fingerprint density at radius 3 is 1.82 bits per heavy atom. The van der Waals surface area contributed by atoms with Gasteiger partial charge in [0, 0.05) is 13.7 Å². The number of benzene rings is 2. The zero-order valence-electron chi connectivity index (χ0n) is 12.0. The second-order valence-corrected chi connectivity index (χ2v) is 10.9. The van der Waals surface area contributed by atoms with Gasteiger partial charge in [0.1, 0.15) is 0 Å². The van der Waals surface area contributed by atoms with Crippen LogP contribution in [0.2, 0.25) is 0 Å². The van der Waals surface area contributed by atoms with E-state index in [1.807, 2.05) is 0 Å². The van der Waals surface area contributed by atoms with Crippen LogP contribution in [0, 0.1) is 6.92 Å². The molecule has 0 unspecified atom stereocenters. The lowest BCUT2D eigenvalue weighted by molar-refractivity contribution is 1.50. The molecule has 0 aliphatic heterocycles. The fraction of sp³-hybridized carbons (Fsp3) is 0.0556. The van der Waals surface area contributed by atoms with Crippen LogP contribution in [0.5, 0.6) is 0 Å². The first-order valence-electron chi connectivity index (χ1n) is 6.89. The monoisotopic (exact) mass is 450 g/mol. The molecule has 3 rings (SSSR count). The highest BCUT2D eigenvalue weighted by Gasteiger charge is 2.20. The average molecular weight is 452 g/mol. The maximum absolute atomic E-state index is 3.71. The van der Waals surface area contributed by atoms with Gasteiger partial charge in [-0.15, -0.1) is 0 Å². The maximum atomic E-state index is 3.71. The Hall–Kier alpha value is -0.520. The minimum Gasteiger partial charge on any atom is -0.0622 e. The zero-order chi connectivity index (χ0) is 15.5. The van der Waals surface area contributed by atoms with Crippen molar-refractivity contribution in [3.63, 3.8) is 0 Å². The van der Waals surface area contributed by atoms with Gasteiger partial charge in [0.05, 0.1) is 0 Å². The molecule has 110 valence electrons. The summed E-state index contributed by atoms with van der Waals surface area (Å²) in [6.07, 6.45) is 0. The molecule has 0 nitrogen and oxygen atoms in total. The van der Waals surface area contributed by atoms with E-state index in [1.165, 1.54) is 38.1 Å². The van der Waals surface area contributed by atoms with Crippen molar-refractivity contribution in [2.45, 2.75) is 6.92 Å². The minimum absolute atomic E-state index is 0.516. The van der Waals surface area contributed by atoms with E-state index >= 15 is 0 Å². The Bertz CT molecular complexity index is 734. The van der Waals surface area contributed by atoms with Crippen molar-refractivity contribution in [1.29, 1.82) is 0 Å². The van der Waals surface area contributed by atoms with Crippen molar-refractivity contribution < 1.29 is 0 Å². The summed E-state index contributed by atoms with van der Waals surface area (Å²) < 4.78 is 2.38. The number of rotatable bonds is 3. The summed E-state index contributed by atoms with van der Waals surface area (Å²) in [7, 11) is 0.749. The summed E-state index contributed by atoms with van der Waals surface area (Å²) in [5, 5.41) is 4.27. The van der Waals surface area contributed by atoms with Crippen LogP contribution in [0.25, 0.3) is 0 Å². The Kier molecular flexibility index (Phi) is 5.47. The predicted molar refractivity (Wildman–Crippen MR) is 108 cm³/mol. The molecule has 1 heterocycles. The molecule has 22 heavy (non-hydrogen) atoms. The molecule has 0 atom stereocenters. The van der Waals surface area contributed by atoms with Gasteiger partial charge in [0.25, 0.3) is 0 Å². The second kappa shape index (κ2) is 7.37. The third-order valence-corrected chi connectivity index (χ3v) is 9.16. The van der Waals surface area contributed by atoms with Gasteiger partial charge in [0.15, 0.2) is 0 Å². The molecule has 0 bridgehead atoms. The van der Waals surface area contributed by atoms with Gasteiger partial charge >= 0.3 is 0 Å². The SMILES string of the molecule is Cc1c(Br)cc(Br)pc1P(c1ccccc1)c1ccccc1. The summed E-state index contributed by atoms with van der Waals surface area (Å²) >= 11 is 7.39. The molecular formula is C18H14Br2P2. The first-order valence-corrected chi connectivity index (χ1v) is 10.7. The number of hydrogen-bond acceptors (Lipinski definition) is 0. The highest BCUT2D eigenvalue weighted by Crippen LogP contribution is 2.41. The third-order valence-electron chi connectivity index (χ3n) is 3.39. The molecule has 4 heteroatoms. The molecule has 3 aromatic rings. The molecule has 0 aliphatic carbocycles. The Balaban J connectivity index is 2.23. The lowest BCUT2D eigenvalue weighted by Gasteiger charge is -2.21. The summed E-state index contributed by atoms with van der Waals surface area (Å²) in [4.78, 5) is 0. The van der Waals surface area contributed by atoms with Crippen LogP contribution in [0.1, 0.15) is 5.56 Å². The fourth-order valence-corrected chi connectivity index (χ4v) is 8.98. The third kappa shape index (κ3) is 3.52. The van der Waals surface area contributed by atoms with E-state index in [-0.39, 0.29) is 0 Å². The summed E-state index contributed by atoms with van der Waals surface area (Å²) in [6, 6.07) is 23.8. The highest BCUT2D eigenvalue weighted by atomic mass is 79.9. The van der Waals surface area contributed by atoms with Gasteiger partial charge in [-0.25, -0.2) is 0 Å². The summed E-state index contributed by atoms with van der Waals surface area (Å²) in [6.45, 7) is 2.21. The van der Waals surface area contributed by atoms with Crippen molar-refractivity contribution >= 4 is 63.6 Å². The molecule has 0 saturated heterocycles. The van der Waals surface area contributed by atoms with Gasteiger partial charge in [-0.2, -0.15) is 0 Å². The molecule has 1 aromatic heterocycles. The largest absolute Gasteiger partial charge is 0.0622 e. The standard InChI is InChI=1S/C18H14Br2P2/c1-13-16(19)12-17(20)21-18(13)22(14-8-4-2-5-9-14)15-10-6-3-7-11-15/h2-12H,1H3. The van der Waals surface area contributed by atoms with E-state index in [2.05, 4.69) is 106 Å². The van der Waals surface area contributed by atoms with Crippen molar-refractivity contribution in [3.05, 3.63) is 81.0 Å². The van der Waals surface area contributed by atoms with Crippen LogP contribution in [0.3, 0.4) is 0 Å². The molecule has 0 saturated carbocycles. The van der Waals surface area contributed by atoms with Gasteiger partial charge in [-0.3, -0.25) is 0 Å². The lowest BCUT2D eigenvalue weighted by atomic mass is 10.4. The summed E-state index contributed by atoms with van der Waals surface area (Å²) in [5.74, 6) is 0. The summed E-state index contributed by atoms with van der Waals surface area (Å²) in [5.41, 5.74) is 1.35. The smallest absolute Gasteiger partial charge is 0.0465 e. The van der Waals surface area contributed by atoms with Gasteiger partial charge in [0.2, 0.25) is 0 Å². The molecule has 0 aliphatic rings. The minimum atomic E-state index is -0.516. The molecule has 0 spiro atoms. The first-order chi connectivity index (χ1) is 10.7. The van der Waals surface area contributed by atoms with Gasteiger partial charge in [-0.05, 0) is 53.0 Å². The van der Waals surface area contributed by atoms with E-state index < -0.39 is 7.92 Å². The van der Waals surface area contributed by atoms with Gasteiger partial charge in [-0.1, -0.05) is 84.8 Å². The second-order valence-electron chi connectivity index (χ2n) is 4.88. The van der Waals surface area contributed by atoms with E-state index in [9.17, 15) is 0 Å². The van der Waals surface area contributed by atoms with E-state index in [4.69, 9.17) is 0 Å². The van der Waals surface area contributed by atoms with Crippen LogP contribution in [0.15, 0.2) is 75.4 Å². The van der Waals surface area contributed by atoms with Crippen molar-refractivity contribution in [1.82, 2.24) is 0 Å². The normalized spacial score (nSPS) is 11.3. The average Bonchev–Trinajstić information content (AvgIpc) is 2.54. The first kappa shape index (κ1) is 16.3. The predicted octanol–water partition coefficient (Wildman–Crippen LogP) is 5.86. The van der Waals surface area contributed by atoms with Crippen molar-refractivity contribution in [2.24, 2.45) is 0 Å². The van der Waals surface area contributed by atoms with Crippen LogP contribution < -0.4 is 15.6 Å². The van der Waals surface area contributed by atoms with Crippen LogP contribution in [-0.2, 0) is 0 Å². The quantitative estimate of drug-likeness (QED) is 0.437. The molecule has 2 aromatic carbocycles. The van der Waals surface area contributed by atoms with Crippen LogP contribution >= 0.6 is 48.0 Å². The van der Waals surface area contributed by atoms with E-state index in [1.54, 1.807) is 0 Å². The van der Waals surface area contributed by atoms with E-state index in [0.717, 1.165) is 0 Å². The van der Waals surface area contributed by atoms with Gasteiger partial charge < -0.3 is 0 Å². The Labute approximate surface area is 151 Å². The fourth-order valence-electron chi connectivity index (χ4n) is 2.30. The van der Waals surface area contributed by atoms with Crippen molar-refractivity contribution in [2.75, 3.05) is 0 Å².